The van der Waals surface area contributed by atoms with Crippen LogP contribution in [-0.4, -0.2) is 103 Å². The second-order valence-electron chi connectivity index (χ2n) is 12.4. The van der Waals surface area contributed by atoms with Gasteiger partial charge in [-0.25, -0.2) is 0 Å². The topological polar surface area (TPSA) is 105 Å². The number of benzene rings is 2. The number of amides is 4. The number of imide groups is 1. The van der Waals surface area contributed by atoms with Crippen LogP contribution in [0.5, 0.6) is 5.75 Å². The van der Waals surface area contributed by atoms with Crippen LogP contribution in [0.15, 0.2) is 42.5 Å². The van der Waals surface area contributed by atoms with Gasteiger partial charge in [0.25, 0.3) is 5.91 Å². The van der Waals surface area contributed by atoms with Crippen molar-refractivity contribution in [2.24, 2.45) is 0 Å². The first kappa shape index (κ1) is 28.2. The number of nitrogens with one attached hydrogen (secondary N) is 1. The Morgan fingerprint density at radius 3 is 2.30 bits per heavy atom. The Balaban J connectivity index is 1.26. The van der Waals surface area contributed by atoms with E-state index in [4.69, 9.17) is 9.47 Å². The van der Waals surface area contributed by atoms with Gasteiger partial charge in [-0.2, -0.15) is 0 Å². The van der Waals surface area contributed by atoms with E-state index in [-0.39, 0.29) is 30.7 Å². The first-order valence-electron chi connectivity index (χ1n) is 13.7. The molecule has 3 heterocycles. The van der Waals surface area contributed by atoms with Gasteiger partial charge in [0, 0.05) is 29.5 Å². The zero-order valence-electron chi connectivity index (χ0n) is 24.0. The quantitative estimate of drug-likeness (QED) is 0.295. The lowest BCUT2D eigenvalue weighted by Crippen LogP contribution is -2.78. The average Bonchev–Trinajstić information content (AvgIpc) is 3.21. The zero-order valence-corrected chi connectivity index (χ0v) is 24.0. The highest BCUT2D eigenvalue weighted by molar-refractivity contribution is 6.58. The van der Waals surface area contributed by atoms with Gasteiger partial charge in [0.15, 0.2) is 0 Å². The predicted octanol–water partition coefficient (Wildman–Crippen LogP) is -4.85. The molecule has 2 fully saturated rings. The maximum atomic E-state index is 13.3. The largest absolute Gasteiger partial charge is 0.489 e. The van der Waals surface area contributed by atoms with Crippen LogP contribution in [0.1, 0.15) is 39.9 Å². The molecule has 1 N–H and O–H groups in total. The first-order chi connectivity index (χ1) is 18.7. The van der Waals surface area contributed by atoms with E-state index >= 15 is 0 Å². The lowest BCUT2D eigenvalue weighted by molar-refractivity contribution is -0.164. The Hall–Kier alpha value is -3.33. The molecule has 2 saturated heterocycles. The number of carbonyl (C=O) groups excluding carboxylic acids is 4. The molecule has 40 heavy (non-hydrogen) atoms. The average molecular weight is 534 g/mol. The van der Waals surface area contributed by atoms with Crippen molar-refractivity contribution in [2.75, 3.05) is 0 Å². The van der Waals surface area contributed by atoms with Crippen molar-refractivity contribution >= 4 is 70.7 Å². The van der Waals surface area contributed by atoms with Crippen LogP contribution in [0, 0.1) is 0 Å². The van der Waals surface area contributed by atoms with Gasteiger partial charge in [-0.05, 0) is 35.0 Å². The van der Waals surface area contributed by atoms with Gasteiger partial charge < -0.3 is 19.3 Å². The number of nitrogens with zero attached hydrogens (tertiary/aromatic N) is 2. The Labute approximate surface area is 239 Å². The molecule has 0 saturated carbocycles. The molecule has 1 unspecified atom stereocenters. The van der Waals surface area contributed by atoms with Crippen LogP contribution in [-0.2, 0) is 38.8 Å². The molecule has 5 rings (SSSR count). The highest BCUT2D eigenvalue weighted by Crippen LogP contribution is 2.35. The van der Waals surface area contributed by atoms with E-state index < -0.39 is 28.1 Å². The molecule has 3 aliphatic rings. The zero-order chi connectivity index (χ0) is 29.0. The van der Waals surface area contributed by atoms with E-state index in [1.165, 1.54) is 4.90 Å². The van der Waals surface area contributed by atoms with E-state index in [0.29, 0.717) is 30.9 Å². The fourth-order valence-corrected chi connectivity index (χ4v) is 5.76. The molecule has 9 nitrogen and oxygen atoms in total. The third-order valence-electron chi connectivity index (χ3n) is 8.72. The van der Waals surface area contributed by atoms with Crippen LogP contribution < -0.4 is 10.1 Å². The third-order valence-corrected chi connectivity index (χ3v) is 8.72. The maximum absolute atomic E-state index is 13.3. The third kappa shape index (κ3) is 4.89. The highest BCUT2D eigenvalue weighted by Gasteiger charge is 2.54. The minimum Gasteiger partial charge on any atom is -0.489 e. The smallest absolute Gasteiger partial charge is 0.255 e. The number of piperidine rings is 1. The van der Waals surface area contributed by atoms with Crippen molar-refractivity contribution in [3.8, 4) is 5.75 Å². The van der Waals surface area contributed by atoms with Gasteiger partial charge >= 0.3 is 0 Å². The Morgan fingerprint density at radius 1 is 0.950 bits per heavy atom. The molecule has 0 bridgehead atoms. The summed E-state index contributed by atoms with van der Waals surface area (Å²) in [5, 5.41) is 0.394. The van der Waals surface area contributed by atoms with Gasteiger partial charge in [0.05, 0.1) is 11.9 Å². The Bertz CT molecular complexity index is 1400. The van der Waals surface area contributed by atoms with Crippen LogP contribution in [0.25, 0.3) is 0 Å². The molecule has 2 aromatic rings. The van der Waals surface area contributed by atoms with Crippen LogP contribution in [0.3, 0.4) is 0 Å². The number of morpholine rings is 1. The second kappa shape index (κ2) is 9.94. The van der Waals surface area contributed by atoms with Crippen molar-refractivity contribution in [3.05, 3.63) is 64.7 Å². The van der Waals surface area contributed by atoms with Gasteiger partial charge in [0.2, 0.25) is 17.7 Å². The first-order valence-corrected chi connectivity index (χ1v) is 13.7. The van der Waals surface area contributed by atoms with Crippen molar-refractivity contribution in [1.29, 1.82) is 0 Å². The lowest BCUT2D eigenvalue weighted by atomic mass is 9.37. The summed E-state index contributed by atoms with van der Waals surface area (Å²) in [4.78, 5) is 53.7. The van der Waals surface area contributed by atoms with Gasteiger partial charge in [0.1, 0.15) is 65.5 Å². The Kier molecular flexibility index (Phi) is 7.01. The number of ether oxygens (including phenoxy) is 2. The summed E-state index contributed by atoms with van der Waals surface area (Å²) in [6.07, 6.45) is 0.526. The lowest BCUT2D eigenvalue weighted by Gasteiger charge is -2.59. The molecule has 15 heteroatoms. The van der Waals surface area contributed by atoms with Crippen molar-refractivity contribution in [1.82, 2.24) is 15.1 Å². The Morgan fingerprint density at radius 2 is 1.62 bits per heavy atom. The molecule has 4 amide bonds. The molecule has 0 radical (unpaired) electrons. The normalized spacial score (nSPS) is 23.1. The second-order valence-corrected chi connectivity index (χ2v) is 12.4. The summed E-state index contributed by atoms with van der Waals surface area (Å²) >= 11 is 0. The van der Waals surface area contributed by atoms with Gasteiger partial charge in [-0.3, -0.25) is 24.5 Å². The molecule has 0 aromatic heterocycles. The molecule has 0 spiro atoms. The van der Waals surface area contributed by atoms with Crippen LogP contribution in [0.4, 0.5) is 0 Å². The fraction of sp³-hybridized carbons (Fsp3) is 0.360. The highest BCUT2D eigenvalue weighted by atomic mass is 16.5. The molecular weight excluding hydrogens is 503 g/mol. The summed E-state index contributed by atoms with van der Waals surface area (Å²) in [6, 6.07) is 12.6. The number of rotatable bonds is 6. The maximum Gasteiger partial charge on any atom is 0.255 e. The number of fused-ring (bicyclic) bond motifs is 1. The standard InChI is InChI=1S/C25H31B6N3O6/c26-23(27)22(38)34(24(28,29)25(30,31)40-23)10-13-4-6-14(7-5-13)12-39-18-3-1-2-15-16(18)11-33(21(15)37)17-8-9-19(35)32-20(17)36/h1-7,17H,8-12,26-31H2,(H,32,35,36). The number of hydrogen-bond acceptors (Lipinski definition) is 6. The molecule has 1 atom stereocenters. The van der Waals surface area contributed by atoms with Crippen LogP contribution >= 0.6 is 0 Å². The predicted molar refractivity (Wildman–Crippen MR) is 164 cm³/mol. The molecule has 200 valence electrons. The van der Waals surface area contributed by atoms with Crippen molar-refractivity contribution in [2.45, 2.75) is 54.7 Å². The summed E-state index contributed by atoms with van der Waals surface area (Å²) in [6.45, 7) is 1.02. The van der Waals surface area contributed by atoms with Gasteiger partial charge in [-0.1, -0.05) is 30.3 Å². The van der Waals surface area contributed by atoms with E-state index in [1.807, 2.05) is 82.3 Å². The number of hydrogen-bond donors (Lipinski definition) is 1. The summed E-state index contributed by atoms with van der Waals surface area (Å²) in [7, 11) is 11.7. The minimum atomic E-state index is -0.905. The molecule has 3 aliphatic heterocycles. The van der Waals surface area contributed by atoms with Crippen molar-refractivity contribution < 1.29 is 28.7 Å². The van der Waals surface area contributed by atoms with Gasteiger partial charge in [-0.15, -0.1) is 0 Å². The van der Waals surface area contributed by atoms with E-state index in [2.05, 4.69) is 5.32 Å². The number of carbonyl (C=O) groups is 4. The van der Waals surface area contributed by atoms with E-state index in [1.54, 1.807) is 12.1 Å². The molecular formula is C25H31B6N3O6. The fourth-order valence-electron chi connectivity index (χ4n) is 5.76. The summed E-state index contributed by atoms with van der Waals surface area (Å²) in [5.74, 6) is -0.424. The van der Waals surface area contributed by atoms with E-state index in [9.17, 15) is 19.2 Å². The summed E-state index contributed by atoms with van der Waals surface area (Å²) < 4.78 is 12.3. The monoisotopic (exact) mass is 535 g/mol. The summed E-state index contributed by atoms with van der Waals surface area (Å²) in [5.41, 5.74) is 3.21. The van der Waals surface area contributed by atoms with E-state index in [0.717, 1.165) is 16.7 Å². The molecule has 2 aromatic carbocycles. The van der Waals surface area contributed by atoms with Crippen LogP contribution in [0.2, 0.25) is 0 Å². The minimum absolute atomic E-state index is 0.0388. The molecule has 0 aliphatic carbocycles. The SMILES string of the molecule is BC1(B)OC(B)(B)C(B)(B)N(Cc2ccc(COc3cccc4c3CN(C3CCC(=O)NC3=O)C4=O)cc2)C1=O. The van der Waals surface area contributed by atoms with Crippen molar-refractivity contribution in [3.63, 3.8) is 0 Å².